The van der Waals surface area contributed by atoms with Gasteiger partial charge < -0.3 is 10.1 Å². The first-order valence-corrected chi connectivity index (χ1v) is 7.13. The minimum absolute atomic E-state index is 0.0612. The zero-order valence-corrected chi connectivity index (χ0v) is 12.5. The Morgan fingerprint density at radius 3 is 2.05 bits per heavy atom. The first-order chi connectivity index (χ1) is 10.2. The summed E-state index contributed by atoms with van der Waals surface area (Å²) in [4.78, 5) is 11.7. The van der Waals surface area contributed by atoms with Gasteiger partial charge in [-0.2, -0.15) is 0 Å². The van der Waals surface area contributed by atoms with Crippen molar-refractivity contribution in [1.29, 1.82) is 0 Å². The molecule has 0 radical (unpaired) electrons. The van der Waals surface area contributed by atoms with Crippen LogP contribution in [-0.2, 0) is 9.53 Å². The van der Waals surface area contributed by atoms with Gasteiger partial charge in [-0.15, -0.1) is 0 Å². The molecule has 3 heteroatoms. The van der Waals surface area contributed by atoms with Crippen molar-refractivity contribution in [2.45, 2.75) is 25.4 Å². The van der Waals surface area contributed by atoms with Gasteiger partial charge in [0.2, 0.25) is 0 Å². The van der Waals surface area contributed by atoms with Gasteiger partial charge in [-0.1, -0.05) is 60.7 Å². The maximum Gasteiger partial charge on any atom is 0.307 e. The summed E-state index contributed by atoms with van der Waals surface area (Å²) >= 11 is 0. The molecular formula is C18H21NO2. The number of rotatable bonds is 6. The lowest BCUT2D eigenvalue weighted by atomic mass is 10.0. The highest BCUT2D eigenvalue weighted by atomic mass is 16.5. The number of esters is 1. The Hall–Kier alpha value is -2.13. The average molecular weight is 283 g/mol. The van der Waals surface area contributed by atoms with E-state index >= 15 is 0 Å². The van der Waals surface area contributed by atoms with Crippen LogP contribution < -0.4 is 5.32 Å². The first-order valence-electron chi connectivity index (χ1n) is 7.13. The van der Waals surface area contributed by atoms with Crippen molar-refractivity contribution in [3.05, 3.63) is 71.8 Å². The molecule has 110 valence electrons. The van der Waals surface area contributed by atoms with Crippen LogP contribution in [0.25, 0.3) is 0 Å². The third-order valence-corrected chi connectivity index (χ3v) is 3.55. The third kappa shape index (κ3) is 4.43. The number of carbonyl (C=O) groups is 1. The highest BCUT2D eigenvalue weighted by molar-refractivity contribution is 5.70. The molecule has 0 aliphatic rings. The minimum Gasteiger partial charge on any atom is -0.469 e. The molecule has 0 aliphatic heterocycles. The summed E-state index contributed by atoms with van der Waals surface area (Å²) in [6.07, 6.45) is 0.317. The van der Waals surface area contributed by atoms with Gasteiger partial charge in [-0.25, -0.2) is 0 Å². The fraction of sp³-hybridized carbons (Fsp3) is 0.278. The molecule has 2 aromatic carbocycles. The van der Waals surface area contributed by atoms with Gasteiger partial charge in [0.15, 0.2) is 0 Å². The van der Waals surface area contributed by atoms with Gasteiger partial charge in [-0.3, -0.25) is 4.79 Å². The van der Waals surface area contributed by atoms with Gasteiger partial charge in [0.05, 0.1) is 13.5 Å². The Bertz CT molecular complexity index is 554. The molecule has 2 aromatic rings. The van der Waals surface area contributed by atoms with E-state index in [2.05, 4.69) is 24.4 Å². The lowest BCUT2D eigenvalue weighted by Crippen LogP contribution is -2.27. The predicted octanol–water partition coefficient (Wildman–Crippen LogP) is 3.64. The van der Waals surface area contributed by atoms with Crippen LogP contribution in [0.1, 0.15) is 36.6 Å². The average Bonchev–Trinajstić information content (AvgIpc) is 2.55. The van der Waals surface area contributed by atoms with E-state index in [-0.39, 0.29) is 18.1 Å². The summed E-state index contributed by atoms with van der Waals surface area (Å²) in [5, 5.41) is 3.51. The summed E-state index contributed by atoms with van der Waals surface area (Å²) in [7, 11) is 1.42. The van der Waals surface area contributed by atoms with Crippen LogP contribution in [0.5, 0.6) is 0 Å². The predicted molar refractivity (Wildman–Crippen MR) is 83.8 cm³/mol. The van der Waals surface area contributed by atoms with Crippen molar-refractivity contribution in [1.82, 2.24) is 5.32 Å². The van der Waals surface area contributed by atoms with Crippen molar-refractivity contribution in [2.24, 2.45) is 0 Å². The van der Waals surface area contributed by atoms with Crippen LogP contribution in [0.4, 0.5) is 0 Å². The van der Waals surface area contributed by atoms with Gasteiger partial charge >= 0.3 is 5.97 Å². The van der Waals surface area contributed by atoms with E-state index in [1.165, 1.54) is 12.7 Å². The van der Waals surface area contributed by atoms with Crippen LogP contribution in [0, 0.1) is 0 Å². The smallest absolute Gasteiger partial charge is 0.307 e. The van der Waals surface area contributed by atoms with E-state index in [0.717, 1.165) is 5.56 Å². The molecule has 0 saturated carbocycles. The van der Waals surface area contributed by atoms with Gasteiger partial charge in [0, 0.05) is 12.1 Å². The fourth-order valence-electron chi connectivity index (χ4n) is 2.35. The monoisotopic (exact) mass is 283 g/mol. The highest BCUT2D eigenvalue weighted by Crippen LogP contribution is 2.22. The number of hydrogen-bond donors (Lipinski definition) is 1. The molecule has 0 fully saturated rings. The highest BCUT2D eigenvalue weighted by Gasteiger charge is 2.18. The molecule has 3 nitrogen and oxygen atoms in total. The molecule has 1 N–H and O–H groups in total. The molecule has 0 saturated heterocycles. The third-order valence-electron chi connectivity index (χ3n) is 3.55. The SMILES string of the molecule is COC(=O)CC(NC(C)c1ccccc1)c1ccccc1. The number of ether oxygens (including phenoxy) is 1. The molecule has 0 aromatic heterocycles. The van der Waals surface area contributed by atoms with Crippen molar-refractivity contribution in [3.63, 3.8) is 0 Å². The standard InChI is InChI=1S/C18H21NO2/c1-14(15-9-5-3-6-10-15)19-17(13-18(20)21-2)16-11-7-4-8-12-16/h3-12,14,17,19H,13H2,1-2H3. The maximum absolute atomic E-state index is 11.7. The Kier molecular flexibility index (Phi) is 5.52. The van der Waals surface area contributed by atoms with Crippen molar-refractivity contribution < 1.29 is 9.53 Å². The van der Waals surface area contributed by atoms with E-state index in [4.69, 9.17) is 4.74 Å². The van der Waals surface area contributed by atoms with Crippen molar-refractivity contribution >= 4 is 5.97 Å². The van der Waals surface area contributed by atoms with E-state index in [0.29, 0.717) is 6.42 Å². The number of benzene rings is 2. The number of hydrogen-bond acceptors (Lipinski definition) is 3. The summed E-state index contributed by atoms with van der Waals surface area (Å²) in [6, 6.07) is 20.3. The number of methoxy groups -OCH3 is 1. The molecule has 21 heavy (non-hydrogen) atoms. The van der Waals surface area contributed by atoms with Crippen LogP contribution in [0.3, 0.4) is 0 Å². The Morgan fingerprint density at radius 2 is 1.52 bits per heavy atom. The fourth-order valence-corrected chi connectivity index (χ4v) is 2.35. The molecule has 0 aliphatic carbocycles. The normalized spacial score (nSPS) is 13.4. The van der Waals surface area contributed by atoms with E-state index in [9.17, 15) is 4.79 Å². The van der Waals surface area contributed by atoms with Gasteiger partial charge in [-0.05, 0) is 18.1 Å². The second-order valence-electron chi connectivity index (χ2n) is 5.04. The minimum atomic E-state index is -0.211. The van der Waals surface area contributed by atoms with Gasteiger partial charge in [0.1, 0.15) is 0 Å². The Morgan fingerprint density at radius 1 is 1.00 bits per heavy atom. The summed E-state index contributed by atoms with van der Waals surface area (Å²) < 4.78 is 4.81. The molecule has 0 spiro atoms. The van der Waals surface area contributed by atoms with Crippen LogP contribution in [-0.4, -0.2) is 13.1 Å². The Labute approximate surface area is 126 Å². The van der Waals surface area contributed by atoms with E-state index < -0.39 is 0 Å². The van der Waals surface area contributed by atoms with E-state index in [1.807, 2.05) is 48.5 Å². The van der Waals surface area contributed by atoms with Crippen LogP contribution in [0.2, 0.25) is 0 Å². The molecule has 0 heterocycles. The van der Waals surface area contributed by atoms with Crippen molar-refractivity contribution in [2.75, 3.05) is 7.11 Å². The maximum atomic E-state index is 11.7. The number of nitrogens with one attached hydrogen (secondary N) is 1. The molecule has 0 amide bonds. The largest absolute Gasteiger partial charge is 0.469 e. The quantitative estimate of drug-likeness (QED) is 0.823. The lowest BCUT2D eigenvalue weighted by molar-refractivity contribution is -0.141. The number of carbonyl (C=O) groups excluding carboxylic acids is 1. The Balaban J connectivity index is 2.14. The summed E-state index contributed by atoms with van der Waals surface area (Å²) in [5.41, 5.74) is 2.29. The zero-order chi connectivity index (χ0) is 15.1. The van der Waals surface area contributed by atoms with Crippen molar-refractivity contribution in [3.8, 4) is 0 Å². The molecule has 2 rings (SSSR count). The topological polar surface area (TPSA) is 38.3 Å². The summed E-state index contributed by atoms with van der Waals surface area (Å²) in [5.74, 6) is -0.211. The van der Waals surface area contributed by atoms with Gasteiger partial charge in [0.25, 0.3) is 0 Å². The second kappa shape index (κ2) is 7.60. The van der Waals surface area contributed by atoms with E-state index in [1.54, 1.807) is 0 Å². The molecule has 2 unspecified atom stereocenters. The van der Waals surface area contributed by atoms with Crippen LogP contribution in [0.15, 0.2) is 60.7 Å². The first kappa shape index (κ1) is 15.3. The lowest BCUT2D eigenvalue weighted by Gasteiger charge is -2.23. The summed E-state index contributed by atoms with van der Waals surface area (Å²) in [6.45, 7) is 2.10. The van der Waals surface area contributed by atoms with Crippen LogP contribution >= 0.6 is 0 Å². The second-order valence-corrected chi connectivity index (χ2v) is 5.04. The molecular weight excluding hydrogens is 262 g/mol. The molecule has 2 atom stereocenters. The zero-order valence-electron chi connectivity index (χ0n) is 12.5. The molecule has 0 bridgehead atoms.